The van der Waals surface area contributed by atoms with Gasteiger partial charge in [0.15, 0.2) is 5.78 Å². The van der Waals surface area contributed by atoms with Gasteiger partial charge in [0.2, 0.25) is 5.91 Å². The van der Waals surface area contributed by atoms with E-state index in [1.54, 1.807) is 0 Å². The minimum absolute atomic E-state index is 0.0437. The van der Waals surface area contributed by atoms with Crippen LogP contribution >= 0.6 is 0 Å². The summed E-state index contributed by atoms with van der Waals surface area (Å²) in [4.78, 5) is 28.7. The van der Waals surface area contributed by atoms with Gasteiger partial charge in [0.1, 0.15) is 5.76 Å². The van der Waals surface area contributed by atoms with Gasteiger partial charge in [-0.05, 0) is 42.2 Å². The monoisotopic (exact) mass is 478 g/mol. The summed E-state index contributed by atoms with van der Waals surface area (Å²) in [6, 6.07) is 25.8. The molecule has 0 fully saturated rings. The van der Waals surface area contributed by atoms with Crippen molar-refractivity contribution >= 4 is 22.6 Å². The first-order valence-electron chi connectivity index (χ1n) is 12.4. The number of nitrogens with one attached hydrogen (secondary N) is 2. The quantitative estimate of drug-likeness (QED) is 0.311. The van der Waals surface area contributed by atoms with Gasteiger partial charge < -0.3 is 15.4 Å². The molecule has 36 heavy (non-hydrogen) atoms. The number of allylic oxidation sites excluding steroid dienone is 2. The Kier molecular flexibility index (Phi) is 6.47. The van der Waals surface area contributed by atoms with E-state index in [1.807, 2.05) is 60.7 Å². The van der Waals surface area contributed by atoms with E-state index in [0.717, 1.165) is 38.9 Å². The van der Waals surface area contributed by atoms with Crippen molar-refractivity contribution < 1.29 is 14.7 Å². The Morgan fingerprint density at radius 1 is 1.06 bits per heavy atom. The van der Waals surface area contributed by atoms with Crippen molar-refractivity contribution in [2.45, 2.75) is 38.5 Å². The number of ketones is 1. The van der Waals surface area contributed by atoms with Crippen LogP contribution in [0.1, 0.15) is 53.1 Å². The number of rotatable bonds is 7. The summed E-state index contributed by atoms with van der Waals surface area (Å²) >= 11 is 0. The highest BCUT2D eigenvalue weighted by Crippen LogP contribution is 2.46. The van der Waals surface area contributed by atoms with Crippen LogP contribution in [0.25, 0.3) is 10.9 Å². The topological polar surface area (TPSA) is 82.2 Å². The molecule has 5 nitrogen and oxygen atoms in total. The van der Waals surface area contributed by atoms with E-state index < -0.39 is 5.92 Å². The molecule has 0 radical (unpaired) electrons. The molecule has 1 heterocycles. The lowest BCUT2D eigenvalue weighted by Gasteiger charge is -2.20. The van der Waals surface area contributed by atoms with Crippen molar-refractivity contribution in [2.75, 3.05) is 6.54 Å². The molecule has 2 atom stereocenters. The predicted molar refractivity (Wildman–Crippen MR) is 142 cm³/mol. The first-order valence-corrected chi connectivity index (χ1v) is 12.4. The number of Topliss-reactive ketones (excluding diaryl/α,β-unsaturated/α-hetero) is 1. The fourth-order valence-electron chi connectivity index (χ4n) is 5.38. The molecule has 5 heteroatoms. The van der Waals surface area contributed by atoms with Crippen molar-refractivity contribution in [2.24, 2.45) is 0 Å². The Bertz CT molecular complexity index is 1450. The van der Waals surface area contributed by atoms with Gasteiger partial charge in [-0.25, -0.2) is 0 Å². The van der Waals surface area contributed by atoms with Crippen LogP contribution in [0.2, 0.25) is 0 Å². The second-order valence-electron chi connectivity index (χ2n) is 9.53. The van der Waals surface area contributed by atoms with Crippen LogP contribution < -0.4 is 5.32 Å². The fourth-order valence-corrected chi connectivity index (χ4v) is 5.38. The molecular weight excluding hydrogens is 448 g/mol. The third-order valence-corrected chi connectivity index (χ3v) is 7.05. The second kappa shape index (κ2) is 9.86. The normalized spacial score (nSPS) is 16.5. The summed E-state index contributed by atoms with van der Waals surface area (Å²) in [5.41, 5.74) is 6.35. The first-order chi connectivity index (χ1) is 17.4. The molecule has 0 bridgehead atoms. The number of hydrogen-bond donors (Lipinski definition) is 3. The zero-order valence-corrected chi connectivity index (χ0v) is 20.5. The van der Waals surface area contributed by atoms with Crippen LogP contribution in [-0.4, -0.2) is 28.3 Å². The number of aromatic nitrogens is 1. The molecule has 5 rings (SSSR count). The van der Waals surface area contributed by atoms with Gasteiger partial charge in [0.25, 0.3) is 0 Å². The van der Waals surface area contributed by atoms with Crippen molar-refractivity contribution in [3.05, 3.63) is 118 Å². The number of amides is 1. The van der Waals surface area contributed by atoms with Crippen LogP contribution in [0.3, 0.4) is 0 Å². The number of aliphatic hydroxyl groups excluding tert-OH is 1. The summed E-state index contributed by atoms with van der Waals surface area (Å²) in [6.07, 6.45) is 0.848. The lowest BCUT2D eigenvalue weighted by atomic mass is 9.84. The molecule has 0 saturated carbocycles. The zero-order valence-electron chi connectivity index (χ0n) is 20.5. The number of carbonyl (C=O) groups is 2. The van der Waals surface area contributed by atoms with Crippen molar-refractivity contribution in [1.82, 2.24) is 10.3 Å². The van der Waals surface area contributed by atoms with Gasteiger partial charge in [-0.15, -0.1) is 0 Å². The number of carbonyl (C=O) groups excluding carboxylic acids is 2. The average molecular weight is 479 g/mol. The second-order valence-corrected chi connectivity index (χ2v) is 9.53. The molecule has 3 aromatic carbocycles. The maximum absolute atomic E-state index is 13.6. The Hall–Kier alpha value is -4.12. The molecule has 1 amide bonds. The van der Waals surface area contributed by atoms with E-state index in [2.05, 4.69) is 35.4 Å². The lowest BCUT2D eigenvalue weighted by molar-refractivity contribution is -0.119. The standard InChI is InChI=1S/C31H30N2O3/c1-19-13-14-26-25(17-19)23(15-16-32-20(2)34)30(33-26)28(22-11-7-4-8-12-22)29-27(35)18-24(31(29)36)21-9-5-3-6-10-21/h3-14,17,24,28,33,36H,15-16,18H2,1-2H3,(H,32,34). The number of fused-ring (bicyclic) bond motifs is 1. The van der Waals surface area contributed by atoms with Crippen molar-refractivity contribution in [3.63, 3.8) is 0 Å². The van der Waals surface area contributed by atoms with Gasteiger partial charge in [-0.3, -0.25) is 9.59 Å². The minimum atomic E-state index is -0.451. The molecule has 1 aliphatic carbocycles. The smallest absolute Gasteiger partial charge is 0.216 e. The van der Waals surface area contributed by atoms with E-state index in [0.29, 0.717) is 18.5 Å². The summed E-state index contributed by atoms with van der Waals surface area (Å²) in [5.74, 6) is -0.786. The summed E-state index contributed by atoms with van der Waals surface area (Å²) in [5, 5.41) is 15.5. The van der Waals surface area contributed by atoms with Crippen LogP contribution in [0.4, 0.5) is 0 Å². The largest absolute Gasteiger partial charge is 0.511 e. The molecule has 0 aliphatic heterocycles. The molecule has 2 unspecified atom stereocenters. The van der Waals surface area contributed by atoms with Crippen LogP contribution in [0, 0.1) is 6.92 Å². The number of hydrogen-bond acceptors (Lipinski definition) is 3. The Morgan fingerprint density at radius 2 is 1.75 bits per heavy atom. The SMILES string of the molecule is CC(=O)NCCc1c(C(C2=C(O)C(c3ccccc3)CC2=O)c2ccccc2)[nH]c2ccc(C)cc12. The third kappa shape index (κ3) is 4.44. The number of aryl methyl sites for hydroxylation is 1. The van der Waals surface area contributed by atoms with Gasteiger partial charge in [0.05, 0.1) is 5.92 Å². The third-order valence-electron chi connectivity index (χ3n) is 7.05. The zero-order chi connectivity index (χ0) is 25.2. The molecule has 0 spiro atoms. The number of benzene rings is 3. The van der Waals surface area contributed by atoms with Crippen LogP contribution in [0.5, 0.6) is 0 Å². The van der Waals surface area contributed by atoms with Crippen LogP contribution in [-0.2, 0) is 16.0 Å². The number of aliphatic hydroxyl groups is 1. The van der Waals surface area contributed by atoms with Gasteiger partial charge in [-0.2, -0.15) is 0 Å². The van der Waals surface area contributed by atoms with E-state index in [9.17, 15) is 14.7 Å². The Morgan fingerprint density at radius 3 is 2.44 bits per heavy atom. The maximum atomic E-state index is 13.6. The highest BCUT2D eigenvalue weighted by Gasteiger charge is 2.40. The average Bonchev–Trinajstić information content (AvgIpc) is 3.37. The minimum Gasteiger partial charge on any atom is -0.511 e. The number of H-pyrrole nitrogens is 1. The summed E-state index contributed by atoms with van der Waals surface area (Å²) < 4.78 is 0. The number of aromatic amines is 1. The van der Waals surface area contributed by atoms with E-state index in [1.165, 1.54) is 6.92 Å². The molecule has 3 N–H and O–H groups in total. The van der Waals surface area contributed by atoms with Crippen molar-refractivity contribution in [1.29, 1.82) is 0 Å². The Labute approximate surface area is 210 Å². The molecule has 4 aromatic rings. The van der Waals surface area contributed by atoms with E-state index in [-0.39, 0.29) is 29.8 Å². The molecule has 1 aromatic heterocycles. The van der Waals surface area contributed by atoms with Gasteiger partial charge in [-0.1, -0.05) is 72.3 Å². The maximum Gasteiger partial charge on any atom is 0.216 e. The molecule has 182 valence electrons. The van der Waals surface area contributed by atoms with Gasteiger partial charge in [0, 0.05) is 48.0 Å². The Balaban J connectivity index is 1.70. The highest BCUT2D eigenvalue weighted by atomic mass is 16.3. The van der Waals surface area contributed by atoms with E-state index in [4.69, 9.17) is 0 Å². The molecule has 1 aliphatic rings. The van der Waals surface area contributed by atoms with Gasteiger partial charge >= 0.3 is 0 Å². The molecular formula is C31H30N2O3. The summed E-state index contributed by atoms with van der Waals surface area (Å²) in [6.45, 7) is 4.05. The van der Waals surface area contributed by atoms with Crippen molar-refractivity contribution in [3.8, 4) is 0 Å². The van der Waals surface area contributed by atoms with Crippen LogP contribution in [0.15, 0.2) is 90.2 Å². The highest BCUT2D eigenvalue weighted by molar-refractivity contribution is 6.02. The molecule has 0 saturated heterocycles. The lowest BCUT2D eigenvalue weighted by Crippen LogP contribution is -2.23. The predicted octanol–water partition coefficient (Wildman–Crippen LogP) is 5.86. The van der Waals surface area contributed by atoms with E-state index >= 15 is 0 Å². The fraction of sp³-hybridized carbons (Fsp3) is 0.226. The summed E-state index contributed by atoms with van der Waals surface area (Å²) in [7, 11) is 0. The first kappa shape index (κ1) is 23.6.